The van der Waals surface area contributed by atoms with E-state index in [1.54, 1.807) is 6.07 Å². The molecule has 1 N–H and O–H groups in total. The standard InChI is InChI=1S/C19H17ClFNO3/c1-2-14-5-3-4-6-17(14)22-18(23)12-25-19(24)10-8-13-7-9-16(21)15(20)11-13/h3-11H,2,12H2,1H3,(H,22,23)/b10-8+. The molecule has 0 aliphatic heterocycles. The Morgan fingerprint density at radius 3 is 2.72 bits per heavy atom. The van der Waals surface area contributed by atoms with Crippen LogP contribution in [0.25, 0.3) is 6.08 Å². The van der Waals surface area contributed by atoms with Crippen LogP contribution in [-0.4, -0.2) is 18.5 Å². The van der Waals surface area contributed by atoms with Crippen LogP contribution in [0.1, 0.15) is 18.1 Å². The smallest absolute Gasteiger partial charge is 0.331 e. The van der Waals surface area contributed by atoms with Crippen molar-refractivity contribution in [3.63, 3.8) is 0 Å². The van der Waals surface area contributed by atoms with Gasteiger partial charge in [-0.05, 0) is 41.8 Å². The fraction of sp³-hybridized carbons (Fsp3) is 0.158. The van der Waals surface area contributed by atoms with Crippen LogP contribution in [0.5, 0.6) is 0 Å². The van der Waals surface area contributed by atoms with Gasteiger partial charge in [0, 0.05) is 11.8 Å². The van der Waals surface area contributed by atoms with E-state index in [1.807, 2.05) is 25.1 Å². The maximum absolute atomic E-state index is 13.0. The minimum atomic E-state index is -0.681. The van der Waals surface area contributed by atoms with Crippen molar-refractivity contribution < 1.29 is 18.7 Å². The highest BCUT2D eigenvalue weighted by Gasteiger charge is 2.08. The van der Waals surface area contributed by atoms with E-state index < -0.39 is 24.3 Å². The van der Waals surface area contributed by atoms with Crippen molar-refractivity contribution >= 4 is 35.2 Å². The summed E-state index contributed by atoms with van der Waals surface area (Å²) in [5.41, 5.74) is 2.24. The first-order chi connectivity index (χ1) is 12.0. The first kappa shape index (κ1) is 18.7. The quantitative estimate of drug-likeness (QED) is 0.618. The number of nitrogens with one attached hydrogen (secondary N) is 1. The van der Waals surface area contributed by atoms with Gasteiger partial charge in [0.1, 0.15) is 5.82 Å². The van der Waals surface area contributed by atoms with E-state index in [0.29, 0.717) is 11.3 Å². The van der Waals surface area contributed by atoms with Gasteiger partial charge in [0.05, 0.1) is 5.02 Å². The third kappa shape index (κ3) is 5.72. The summed E-state index contributed by atoms with van der Waals surface area (Å²) in [5.74, 6) is -1.64. The molecule has 130 valence electrons. The van der Waals surface area contributed by atoms with Gasteiger partial charge in [-0.25, -0.2) is 9.18 Å². The number of rotatable bonds is 6. The summed E-state index contributed by atoms with van der Waals surface area (Å²) in [6.45, 7) is 1.59. The molecule has 0 spiro atoms. The van der Waals surface area contributed by atoms with E-state index >= 15 is 0 Å². The van der Waals surface area contributed by atoms with Crippen molar-refractivity contribution in [1.29, 1.82) is 0 Å². The molecule has 0 unspecified atom stereocenters. The highest BCUT2D eigenvalue weighted by atomic mass is 35.5. The van der Waals surface area contributed by atoms with Gasteiger partial charge in [0.2, 0.25) is 0 Å². The number of halogens is 2. The molecule has 1 amide bonds. The lowest BCUT2D eigenvalue weighted by Gasteiger charge is -2.09. The van der Waals surface area contributed by atoms with Crippen molar-refractivity contribution in [3.8, 4) is 0 Å². The molecule has 0 saturated heterocycles. The van der Waals surface area contributed by atoms with Crippen LogP contribution in [0.4, 0.5) is 10.1 Å². The third-order valence-electron chi connectivity index (χ3n) is 3.37. The van der Waals surface area contributed by atoms with E-state index in [1.165, 1.54) is 24.3 Å². The molecule has 0 bridgehead atoms. The first-order valence-electron chi connectivity index (χ1n) is 7.67. The summed E-state index contributed by atoms with van der Waals surface area (Å²) >= 11 is 5.66. The number of carbonyl (C=O) groups excluding carboxylic acids is 2. The van der Waals surface area contributed by atoms with Gasteiger partial charge in [-0.15, -0.1) is 0 Å². The van der Waals surface area contributed by atoms with Crippen LogP contribution in [0, 0.1) is 5.82 Å². The Morgan fingerprint density at radius 1 is 1.24 bits per heavy atom. The molecule has 0 heterocycles. The molecular formula is C19H17ClFNO3. The fourth-order valence-electron chi connectivity index (χ4n) is 2.10. The Balaban J connectivity index is 1.85. The number of anilines is 1. The molecule has 0 aliphatic carbocycles. The minimum Gasteiger partial charge on any atom is -0.452 e. The van der Waals surface area contributed by atoms with Crippen LogP contribution in [0.2, 0.25) is 5.02 Å². The summed E-state index contributed by atoms with van der Waals surface area (Å²) in [4.78, 5) is 23.5. The highest BCUT2D eigenvalue weighted by molar-refractivity contribution is 6.30. The fourth-order valence-corrected chi connectivity index (χ4v) is 2.29. The lowest BCUT2D eigenvalue weighted by molar-refractivity contribution is -0.142. The van der Waals surface area contributed by atoms with E-state index in [9.17, 15) is 14.0 Å². The molecule has 0 radical (unpaired) electrons. The second kappa shape index (κ2) is 8.99. The monoisotopic (exact) mass is 361 g/mol. The van der Waals surface area contributed by atoms with Gasteiger partial charge in [0.25, 0.3) is 5.91 Å². The molecule has 0 aliphatic rings. The molecule has 0 aromatic heterocycles. The lowest BCUT2D eigenvalue weighted by atomic mass is 10.1. The predicted octanol–water partition coefficient (Wildman–Crippen LogP) is 4.24. The number of para-hydroxylation sites is 1. The topological polar surface area (TPSA) is 55.4 Å². The largest absolute Gasteiger partial charge is 0.452 e. The maximum Gasteiger partial charge on any atom is 0.331 e. The summed E-state index contributed by atoms with van der Waals surface area (Å²) in [6, 6.07) is 11.5. The number of carbonyl (C=O) groups is 2. The molecule has 4 nitrogen and oxygen atoms in total. The SMILES string of the molecule is CCc1ccccc1NC(=O)COC(=O)/C=C/c1ccc(F)c(Cl)c1. The Morgan fingerprint density at radius 2 is 2.00 bits per heavy atom. The number of esters is 1. The minimum absolute atomic E-state index is 0.0375. The summed E-state index contributed by atoms with van der Waals surface area (Å²) in [7, 11) is 0. The third-order valence-corrected chi connectivity index (χ3v) is 3.66. The molecule has 2 aromatic rings. The van der Waals surface area contributed by atoms with Crippen LogP contribution in [0.3, 0.4) is 0 Å². The summed E-state index contributed by atoms with van der Waals surface area (Å²) in [6.07, 6.45) is 3.36. The van der Waals surface area contributed by atoms with Gasteiger partial charge in [-0.1, -0.05) is 42.8 Å². The van der Waals surface area contributed by atoms with E-state index in [2.05, 4.69) is 5.32 Å². The second-order valence-corrected chi connectivity index (χ2v) is 5.58. The van der Waals surface area contributed by atoms with E-state index in [4.69, 9.17) is 16.3 Å². The van der Waals surface area contributed by atoms with Crippen molar-refractivity contribution in [2.75, 3.05) is 11.9 Å². The average molecular weight is 362 g/mol. The van der Waals surface area contributed by atoms with Crippen LogP contribution >= 0.6 is 11.6 Å². The van der Waals surface area contributed by atoms with Crippen molar-refractivity contribution in [3.05, 3.63) is 70.5 Å². The number of ether oxygens (including phenoxy) is 1. The molecule has 6 heteroatoms. The Bertz CT molecular complexity index is 805. The lowest BCUT2D eigenvalue weighted by Crippen LogP contribution is -2.20. The van der Waals surface area contributed by atoms with Crippen LogP contribution in [0.15, 0.2) is 48.5 Å². The van der Waals surface area contributed by atoms with Crippen LogP contribution < -0.4 is 5.32 Å². The zero-order valence-electron chi connectivity index (χ0n) is 13.6. The molecular weight excluding hydrogens is 345 g/mol. The van der Waals surface area contributed by atoms with E-state index in [0.717, 1.165) is 18.1 Å². The Labute approximate surface area is 150 Å². The number of hydrogen-bond acceptors (Lipinski definition) is 3. The normalized spacial score (nSPS) is 10.7. The Hall–Kier alpha value is -2.66. The summed E-state index contributed by atoms with van der Waals surface area (Å²) < 4.78 is 17.9. The molecule has 0 atom stereocenters. The molecule has 2 rings (SSSR count). The second-order valence-electron chi connectivity index (χ2n) is 5.17. The van der Waals surface area contributed by atoms with Gasteiger partial charge >= 0.3 is 5.97 Å². The first-order valence-corrected chi connectivity index (χ1v) is 8.05. The molecule has 0 saturated carbocycles. The zero-order chi connectivity index (χ0) is 18.2. The number of aryl methyl sites for hydroxylation is 1. The van der Waals surface area contributed by atoms with Gasteiger partial charge in [-0.2, -0.15) is 0 Å². The number of hydrogen-bond donors (Lipinski definition) is 1. The molecule has 0 fully saturated rings. The van der Waals surface area contributed by atoms with Crippen LogP contribution in [-0.2, 0) is 20.7 Å². The Kier molecular flexibility index (Phi) is 6.71. The highest BCUT2D eigenvalue weighted by Crippen LogP contribution is 2.17. The molecule has 2 aromatic carbocycles. The van der Waals surface area contributed by atoms with Gasteiger partial charge < -0.3 is 10.1 Å². The van der Waals surface area contributed by atoms with Crippen molar-refractivity contribution in [1.82, 2.24) is 0 Å². The average Bonchev–Trinajstić information content (AvgIpc) is 2.61. The zero-order valence-corrected chi connectivity index (χ0v) is 14.3. The predicted molar refractivity (Wildman–Crippen MR) is 95.9 cm³/mol. The molecule has 25 heavy (non-hydrogen) atoms. The van der Waals surface area contributed by atoms with Gasteiger partial charge in [-0.3, -0.25) is 4.79 Å². The summed E-state index contributed by atoms with van der Waals surface area (Å²) in [5, 5.41) is 2.67. The van der Waals surface area contributed by atoms with E-state index in [-0.39, 0.29) is 5.02 Å². The number of benzene rings is 2. The number of amides is 1. The van der Waals surface area contributed by atoms with Gasteiger partial charge in [0.15, 0.2) is 6.61 Å². The van der Waals surface area contributed by atoms with Crippen molar-refractivity contribution in [2.45, 2.75) is 13.3 Å². The maximum atomic E-state index is 13.0. The van der Waals surface area contributed by atoms with Crippen molar-refractivity contribution in [2.24, 2.45) is 0 Å².